The average molecular weight is 408 g/mol. The van der Waals surface area contributed by atoms with Gasteiger partial charge in [0.25, 0.3) is 5.84 Å². The predicted molar refractivity (Wildman–Crippen MR) is 109 cm³/mol. The van der Waals surface area contributed by atoms with Gasteiger partial charge in [0.15, 0.2) is 12.5 Å². The van der Waals surface area contributed by atoms with E-state index in [1.54, 1.807) is 18.3 Å². The number of rotatable bonds is 6. The fourth-order valence-corrected chi connectivity index (χ4v) is 2.96. The van der Waals surface area contributed by atoms with Gasteiger partial charge in [0.2, 0.25) is 0 Å². The van der Waals surface area contributed by atoms with Crippen LogP contribution in [-0.4, -0.2) is 41.2 Å². The average Bonchev–Trinajstić information content (AvgIpc) is 3.14. The zero-order chi connectivity index (χ0) is 21.1. The Bertz CT molecular complexity index is 1160. The van der Waals surface area contributed by atoms with E-state index in [1.807, 2.05) is 6.07 Å². The summed E-state index contributed by atoms with van der Waals surface area (Å²) in [5.41, 5.74) is 9.68. The number of aliphatic imine (C=N–C) groups is 2. The third-order valence-corrected chi connectivity index (χ3v) is 4.44. The Labute approximate surface area is 170 Å². The normalized spacial score (nSPS) is 19.1. The largest absolute Gasteiger partial charge is 0.383 e. The van der Waals surface area contributed by atoms with Crippen LogP contribution in [0.2, 0.25) is 0 Å². The third-order valence-electron chi connectivity index (χ3n) is 4.44. The topological polar surface area (TPSA) is 124 Å². The highest BCUT2D eigenvalue weighted by molar-refractivity contribution is 6.29. The van der Waals surface area contributed by atoms with Gasteiger partial charge in [0.1, 0.15) is 41.3 Å². The summed E-state index contributed by atoms with van der Waals surface area (Å²) in [4.78, 5) is 12.5. The maximum absolute atomic E-state index is 14.2. The number of nitriles is 1. The number of nitrogen functional groups attached to an aromatic ring is 1. The number of fused-ring (bicyclic) bond motifs is 1. The minimum Gasteiger partial charge on any atom is -0.383 e. The van der Waals surface area contributed by atoms with Crippen molar-refractivity contribution in [3.8, 4) is 6.07 Å². The van der Waals surface area contributed by atoms with Gasteiger partial charge in [-0.15, -0.1) is 5.43 Å². The molecule has 9 nitrogen and oxygen atoms in total. The SMILES string of the molecule is N#Cc1ccc(NCCN[N+]23C=C(c4ccc(F)cc4F)N=CC2=NC=N3)nc1N. The second-order valence-corrected chi connectivity index (χ2v) is 6.38. The number of aromatic nitrogens is 1. The third kappa shape index (κ3) is 3.64. The first-order valence-corrected chi connectivity index (χ1v) is 8.90. The lowest BCUT2D eigenvalue weighted by molar-refractivity contribution is -0.838. The van der Waals surface area contributed by atoms with E-state index in [0.717, 1.165) is 6.07 Å². The molecule has 1 aromatic heterocycles. The Morgan fingerprint density at radius 3 is 2.80 bits per heavy atom. The van der Waals surface area contributed by atoms with Crippen molar-refractivity contribution in [2.24, 2.45) is 15.1 Å². The first kappa shape index (κ1) is 19.3. The zero-order valence-corrected chi connectivity index (χ0v) is 15.5. The summed E-state index contributed by atoms with van der Waals surface area (Å²) in [5, 5.41) is 16.3. The number of halogens is 2. The highest BCUT2D eigenvalue weighted by Crippen LogP contribution is 2.27. The Hall–Kier alpha value is -4.01. The second kappa shape index (κ2) is 7.78. The molecule has 150 valence electrons. The molecule has 1 unspecified atom stereocenters. The van der Waals surface area contributed by atoms with E-state index in [1.165, 1.54) is 24.7 Å². The van der Waals surface area contributed by atoms with Gasteiger partial charge < -0.3 is 11.1 Å². The molecule has 4 N–H and O–H groups in total. The monoisotopic (exact) mass is 408 g/mol. The number of nitrogens with one attached hydrogen (secondary N) is 2. The lowest BCUT2D eigenvalue weighted by atomic mass is 10.1. The Balaban J connectivity index is 1.47. The highest BCUT2D eigenvalue weighted by Gasteiger charge is 2.39. The molecule has 0 saturated carbocycles. The Morgan fingerprint density at radius 1 is 1.17 bits per heavy atom. The molecule has 2 aromatic rings. The van der Waals surface area contributed by atoms with Gasteiger partial charge in [0, 0.05) is 18.2 Å². The smallest absolute Gasteiger partial charge is 0.299 e. The summed E-state index contributed by atoms with van der Waals surface area (Å²) in [6.07, 6.45) is 4.45. The summed E-state index contributed by atoms with van der Waals surface area (Å²) in [6.45, 7) is 0.869. The molecule has 0 spiro atoms. The van der Waals surface area contributed by atoms with Crippen molar-refractivity contribution >= 4 is 35.7 Å². The maximum Gasteiger partial charge on any atom is 0.299 e. The minimum atomic E-state index is -0.716. The van der Waals surface area contributed by atoms with Crippen LogP contribution in [0.15, 0.2) is 51.6 Å². The van der Waals surface area contributed by atoms with Crippen molar-refractivity contribution in [1.82, 2.24) is 10.4 Å². The predicted octanol–water partition coefficient (Wildman–Crippen LogP) is 1.99. The molecule has 0 saturated heterocycles. The van der Waals surface area contributed by atoms with Crippen molar-refractivity contribution in [3.05, 3.63) is 59.3 Å². The van der Waals surface area contributed by atoms with Crippen molar-refractivity contribution in [3.63, 3.8) is 0 Å². The van der Waals surface area contributed by atoms with Crippen molar-refractivity contribution in [2.75, 3.05) is 24.1 Å². The van der Waals surface area contributed by atoms with E-state index >= 15 is 0 Å². The quantitative estimate of drug-likeness (QED) is 0.498. The fourth-order valence-electron chi connectivity index (χ4n) is 2.96. The lowest BCUT2D eigenvalue weighted by Crippen LogP contribution is -2.55. The lowest BCUT2D eigenvalue weighted by Gasteiger charge is -2.26. The summed E-state index contributed by atoms with van der Waals surface area (Å²) in [7, 11) is 0. The second-order valence-electron chi connectivity index (χ2n) is 6.38. The van der Waals surface area contributed by atoms with Crippen LogP contribution in [-0.2, 0) is 0 Å². The van der Waals surface area contributed by atoms with Crippen LogP contribution in [0.25, 0.3) is 5.70 Å². The molecular weight excluding hydrogens is 392 g/mol. The van der Waals surface area contributed by atoms with E-state index in [9.17, 15) is 8.78 Å². The van der Waals surface area contributed by atoms with Gasteiger partial charge in [-0.25, -0.2) is 18.8 Å². The van der Waals surface area contributed by atoms with E-state index in [4.69, 9.17) is 11.0 Å². The molecule has 0 amide bonds. The van der Waals surface area contributed by atoms with Crippen LogP contribution < -0.4 is 16.5 Å². The molecule has 0 fully saturated rings. The van der Waals surface area contributed by atoms with Crippen LogP contribution in [0.4, 0.5) is 20.4 Å². The van der Waals surface area contributed by atoms with Gasteiger partial charge in [-0.2, -0.15) is 10.3 Å². The van der Waals surface area contributed by atoms with Crippen molar-refractivity contribution in [2.45, 2.75) is 0 Å². The summed E-state index contributed by atoms with van der Waals surface area (Å²) in [6, 6.07) is 8.50. The summed E-state index contributed by atoms with van der Waals surface area (Å²) >= 11 is 0. The first-order chi connectivity index (χ1) is 14.5. The summed E-state index contributed by atoms with van der Waals surface area (Å²) < 4.78 is 27.2. The number of hydrogen-bond donors (Lipinski definition) is 3. The van der Waals surface area contributed by atoms with Gasteiger partial charge in [-0.05, 0) is 34.1 Å². The number of hydrogen-bond acceptors (Lipinski definition) is 8. The van der Waals surface area contributed by atoms with Crippen LogP contribution in [0, 0.1) is 23.0 Å². The Morgan fingerprint density at radius 2 is 2.03 bits per heavy atom. The van der Waals surface area contributed by atoms with Crippen LogP contribution >= 0.6 is 0 Å². The van der Waals surface area contributed by atoms with Gasteiger partial charge in [-0.1, -0.05) is 0 Å². The molecule has 1 aromatic carbocycles. The Kier molecular flexibility index (Phi) is 5.01. The molecule has 4 rings (SSSR count). The molecule has 3 heterocycles. The van der Waals surface area contributed by atoms with Gasteiger partial charge in [0.05, 0.1) is 12.1 Å². The van der Waals surface area contributed by atoms with E-state index in [-0.39, 0.29) is 16.1 Å². The van der Waals surface area contributed by atoms with E-state index in [2.05, 4.69) is 30.8 Å². The van der Waals surface area contributed by atoms with Gasteiger partial charge >= 0.3 is 0 Å². The molecule has 0 bridgehead atoms. The number of benzene rings is 1. The number of amidine groups is 1. The number of nitrogens with two attached hydrogens (primary N) is 1. The molecular formula is C19H16F2N9+. The zero-order valence-electron chi connectivity index (χ0n) is 15.5. The molecule has 11 heteroatoms. The highest BCUT2D eigenvalue weighted by atomic mass is 19.1. The summed E-state index contributed by atoms with van der Waals surface area (Å²) in [5.74, 6) is -0.203. The molecule has 0 radical (unpaired) electrons. The maximum atomic E-state index is 14.2. The number of anilines is 2. The van der Waals surface area contributed by atoms with Crippen LogP contribution in [0.1, 0.15) is 11.1 Å². The number of quaternary nitrogens is 1. The van der Waals surface area contributed by atoms with E-state index < -0.39 is 11.6 Å². The van der Waals surface area contributed by atoms with Crippen LogP contribution in [0.3, 0.4) is 0 Å². The molecule has 1 atom stereocenters. The molecule has 30 heavy (non-hydrogen) atoms. The van der Waals surface area contributed by atoms with Crippen LogP contribution in [0.5, 0.6) is 0 Å². The fraction of sp³-hybridized carbons (Fsp3) is 0.105. The standard InChI is InChI=1S/C19H16F2N9/c20-13-2-3-14(15(21)7-13)16-10-30(18(9-25-16)26-11-28-30)27-6-5-24-17-4-1-12(8-22)19(23)29-17/h1-4,7,9-11,27H,5-6H2,(H3,23,24,29)/q+1. The van der Waals surface area contributed by atoms with Crippen molar-refractivity contribution in [1.29, 1.82) is 5.26 Å². The minimum absolute atomic E-state index is 0.150. The van der Waals surface area contributed by atoms with Gasteiger partial charge in [-0.3, -0.25) is 0 Å². The first-order valence-electron chi connectivity index (χ1n) is 8.90. The molecule has 0 aliphatic carbocycles. The number of nitrogens with zero attached hydrogens (tertiary/aromatic N) is 6. The van der Waals surface area contributed by atoms with Crippen molar-refractivity contribution < 1.29 is 13.5 Å². The molecule has 2 aliphatic rings. The van der Waals surface area contributed by atoms with E-state index in [0.29, 0.717) is 36.0 Å². The molecule has 2 aliphatic heterocycles. The number of pyridine rings is 1.